The molecule has 1 N–H and O–H groups in total. The number of carbonyl (C=O) groups excluding carboxylic acids is 1. The molecule has 1 saturated heterocycles. The maximum Gasteiger partial charge on any atom is 0.228 e. The Morgan fingerprint density at radius 1 is 1.50 bits per heavy atom. The second-order valence-electron chi connectivity index (χ2n) is 5.95. The number of methoxy groups -OCH3 is 1. The zero-order valence-electron chi connectivity index (χ0n) is 13.5. The van der Waals surface area contributed by atoms with Gasteiger partial charge in [0.2, 0.25) is 5.91 Å². The van der Waals surface area contributed by atoms with E-state index in [4.69, 9.17) is 9.47 Å². The second-order valence-corrected chi connectivity index (χ2v) is 5.95. The molecule has 1 aromatic carbocycles. The minimum Gasteiger partial charge on any atom is -0.490 e. The van der Waals surface area contributed by atoms with Gasteiger partial charge in [-0.05, 0) is 18.6 Å². The molecule has 0 aliphatic carbocycles. The minimum absolute atomic E-state index is 0.0175. The summed E-state index contributed by atoms with van der Waals surface area (Å²) in [7, 11) is 1.61. The standard InChI is InChI=1S/C17H20FN3O3/c1-23-17(11-24-15-4-2-3-13(18)7-15)5-6-21(10-17)16(22)8-14-9-19-12-20-14/h2-4,7,9,12H,5-6,8,10-11H2,1H3,(H,19,20). The highest BCUT2D eigenvalue weighted by Gasteiger charge is 2.41. The third-order valence-electron chi connectivity index (χ3n) is 4.30. The zero-order chi connectivity index (χ0) is 17.0. The Morgan fingerprint density at radius 3 is 3.08 bits per heavy atom. The summed E-state index contributed by atoms with van der Waals surface area (Å²) in [5.41, 5.74) is 0.210. The van der Waals surface area contributed by atoms with Gasteiger partial charge in [-0.1, -0.05) is 6.07 Å². The minimum atomic E-state index is -0.573. The number of nitrogens with one attached hydrogen (secondary N) is 1. The molecular weight excluding hydrogens is 313 g/mol. The van der Waals surface area contributed by atoms with Gasteiger partial charge < -0.3 is 19.4 Å². The van der Waals surface area contributed by atoms with Gasteiger partial charge >= 0.3 is 0 Å². The molecule has 0 bridgehead atoms. The van der Waals surface area contributed by atoms with Gasteiger partial charge in [-0.3, -0.25) is 4.79 Å². The van der Waals surface area contributed by atoms with Gasteiger partial charge in [0, 0.05) is 31.6 Å². The smallest absolute Gasteiger partial charge is 0.228 e. The lowest BCUT2D eigenvalue weighted by Crippen LogP contribution is -2.42. The molecule has 3 rings (SSSR count). The summed E-state index contributed by atoms with van der Waals surface area (Å²) in [4.78, 5) is 21.0. The van der Waals surface area contributed by atoms with E-state index >= 15 is 0 Å². The van der Waals surface area contributed by atoms with Crippen LogP contribution in [0.1, 0.15) is 12.1 Å². The number of imidazole rings is 1. The quantitative estimate of drug-likeness (QED) is 0.875. The average molecular weight is 333 g/mol. The van der Waals surface area contributed by atoms with Crippen LogP contribution in [-0.2, 0) is 16.0 Å². The molecule has 1 amide bonds. The van der Waals surface area contributed by atoms with Crippen molar-refractivity contribution < 1.29 is 18.7 Å². The number of benzene rings is 1. The molecule has 1 unspecified atom stereocenters. The predicted molar refractivity (Wildman–Crippen MR) is 85.1 cm³/mol. The van der Waals surface area contributed by atoms with Crippen LogP contribution in [0.15, 0.2) is 36.8 Å². The second kappa shape index (κ2) is 7.00. The SMILES string of the molecule is COC1(COc2cccc(F)c2)CCN(C(=O)Cc2cnc[nH]2)C1. The number of likely N-dealkylation sites (tertiary alicyclic amines) is 1. The molecular formula is C17H20FN3O3. The van der Waals surface area contributed by atoms with Crippen LogP contribution in [-0.4, -0.2) is 53.2 Å². The topological polar surface area (TPSA) is 67.5 Å². The summed E-state index contributed by atoms with van der Waals surface area (Å²) in [6, 6.07) is 5.99. The number of H-pyrrole nitrogens is 1. The van der Waals surface area contributed by atoms with Crippen molar-refractivity contribution in [3.8, 4) is 5.75 Å². The third kappa shape index (κ3) is 3.73. The highest BCUT2D eigenvalue weighted by atomic mass is 19.1. The molecule has 128 valence electrons. The molecule has 2 heterocycles. The number of hydrogen-bond donors (Lipinski definition) is 1. The molecule has 1 fully saturated rings. The Bertz CT molecular complexity index is 692. The van der Waals surface area contributed by atoms with Gasteiger partial charge in [0.25, 0.3) is 0 Å². The summed E-state index contributed by atoms with van der Waals surface area (Å²) >= 11 is 0. The molecule has 0 radical (unpaired) electrons. The van der Waals surface area contributed by atoms with Crippen LogP contribution in [0.25, 0.3) is 0 Å². The number of hydrogen-bond acceptors (Lipinski definition) is 4. The molecule has 1 aliphatic rings. The lowest BCUT2D eigenvalue weighted by atomic mass is 10.0. The van der Waals surface area contributed by atoms with Crippen LogP contribution in [0.3, 0.4) is 0 Å². The van der Waals surface area contributed by atoms with Gasteiger partial charge in [0.15, 0.2) is 0 Å². The fourth-order valence-corrected chi connectivity index (χ4v) is 2.83. The van der Waals surface area contributed by atoms with E-state index in [2.05, 4.69) is 9.97 Å². The average Bonchev–Trinajstić information content (AvgIpc) is 3.23. The fraction of sp³-hybridized carbons (Fsp3) is 0.412. The summed E-state index contributed by atoms with van der Waals surface area (Å²) in [6.45, 7) is 1.32. The summed E-state index contributed by atoms with van der Waals surface area (Å²) < 4.78 is 24.5. The molecule has 24 heavy (non-hydrogen) atoms. The summed E-state index contributed by atoms with van der Waals surface area (Å²) in [5.74, 6) is 0.124. The summed E-state index contributed by atoms with van der Waals surface area (Å²) in [5, 5.41) is 0. The first-order valence-corrected chi connectivity index (χ1v) is 7.79. The van der Waals surface area contributed by atoms with E-state index < -0.39 is 5.60 Å². The first kappa shape index (κ1) is 16.4. The van der Waals surface area contributed by atoms with E-state index in [1.165, 1.54) is 12.1 Å². The maximum absolute atomic E-state index is 13.2. The van der Waals surface area contributed by atoms with Gasteiger partial charge in [-0.15, -0.1) is 0 Å². The van der Waals surface area contributed by atoms with Crippen LogP contribution in [0.5, 0.6) is 5.75 Å². The Hall–Kier alpha value is -2.41. The number of nitrogens with zero attached hydrogens (tertiary/aromatic N) is 2. The maximum atomic E-state index is 13.2. The Labute approximate surface area is 139 Å². The number of aromatic nitrogens is 2. The van der Waals surface area contributed by atoms with Crippen molar-refractivity contribution >= 4 is 5.91 Å². The summed E-state index contributed by atoms with van der Waals surface area (Å²) in [6.07, 6.45) is 4.15. The lowest BCUT2D eigenvalue weighted by Gasteiger charge is -2.27. The molecule has 2 aromatic rings. The van der Waals surface area contributed by atoms with E-state index in [1.807, 2.05) is 0 Å². The normalized spacial score (nSPS) is 20.3. The Kier molecular flexibility index (Phi) is 4.80. The molecule has 1 aromatic heterocycles. The van der Waals surface area contributed by atoms with E-state index in [9.17, 15) is 9.18 Å². The largest absolute Gasteiger partial charge is 0.490 e. The number of halogens is 1. The zero-order valence-corrected chi connectivity index (χ0v) is 13.5. The van der Waals surface area contributed by atoms with Crippen LogP contribution < -0.4 is 4.74 Å². The first-order valence-electron chi connectivity index (χ1n) is 7.79. The lowest BCUT2D eigenvalue weighted by molar-refractivity contribution is -0.131. The van der Waals surface area contributed by atoms with E-state index in [-0.39, 0.29) is 24.8 Å². The number of amides is 1. The van der Waals surface area contributed by atoms with Crippen LogP contribution in [0.2, 0.25) is 0 Å². The highest BCUT2D eigenvalue weighted by molar-refractivity contribution is 5.78. The van der Waals surface area contributed by atoms with Gasteiger partial charge in [0.05, 0.1) is 19.3 Å². The fourth-order valence-electron chi connectivity index (χ4n) is 2.83. The van der Waals surface area contributed by atoms with Crippen molar-refractivity contribution in [2.75, 3.05) is 26.8 Å². The third-order valence-corrected chi connectivity index (χ3v) is 4.30. The predicted octanol–water partition coefficient (Wildman–Crippen LogP) is 1.79. The van der Waals surface area contributed by atoms with Crippen molar-refractivity contribution in [2.24, 2.45) is 0 Å². The highest BCUT2D eigenvalue weighted by Crippen LogP contribution is 2.27. The molecule has 0 spiro atoms. The van der Waals surface area contributed by atoms with Crippen molar-refractivity contribution in [3.05, 3.63) is 48.3 Å². The number of rotatable bonds is 6. The van der Waals surface area contributed by atoms with E-state index in [0.29, 0.717) is 25.3 Å². The van der Waals surface area contributed by atoms with Gasteiger partial charge in [-0.2, -0.15) is 0 Å². The monoisotopic (exact) mass is 333 g/mol. The van der Waals surface area contributed by atoms with Crippen molar-refractivity contribution in [1.82, 2.24) is 14.9 Å². The van der Waals surface area contributed by atoms with Crippen molar-refractivity contribution in [2.45, 2.75) is 18.4 Å². The molecule has 6 nitrogen and oxygen atoms in total. The number of ether oxygens (including phenoxy) is 2. The van der Waals surface area contributed by atoms with Gasteiger partial charge in [0.1, 0.15) is 23.8 Å². The van der Waals surface area contributed by atoms with Crippen LogP contribution >= 0.6 is 0 Å². The van der Waals surface area contributed by atoms with Crippen molar-refractivity contribution in [1.29, 1.82) is 0 Å². The van der Waals surface area contributed by atoms with Crippen molar-refractivity contribution in [3.63, 3.8) is 0 Å². The Balaban J connectivity index is 1.59. The number of carbonyl (C=O) groups is 1. The molecule has 0 saturated carbocycles. The first-order chi connectivity index (χ1) is 11.6. The van der Waals surface area contributed by atoms with Crippen LogP contribution in [0.4, 0.5) is 4.39 Å². The van der Waals surface area contributed by atoms with Crippen LogP contribution in [0, 0.1) is 5.82 Å². The molecule has 7 heteroatoms. The van der Waals surface area contributed by atoms with E-state index in [0.717, 1.165) is 5.69 Å². The molecule has 1 atom stereocenters. The van der Waals surface area contributed by atoms with E-state index in [1.54, 1.807) is 36.7 Å². The number of aromatic amines is 1. The Morgan fingerprint density at radius 2 is 2.38 bits per heavy atom. The molecule has 1 aliphatic heterocycles. The van der Waals surface area contributed by atoms with Gasteiger partial charge in [-0.25, -0.2) is 9.37 Å².